The largest absolute Gasteiger partial charge is 0.496 e. The molecule has 0 saturated heterocycles. The second-order valence-corrected chi connectivity index (χ2v) is 7.22. The molecule has 0 fully saturated rings. The van der Waals surface area contributed by atoms with Crippen molar-refractivity contribution in [3.8, 4) is 22.9 Å². The van der Waals surface area contributed by atoms with Crippen LogP contribution >= 0.6 is 12.2 Å². The molecule has 0 bridgehead atoms. The Balaban J connectivity index is 1.72. The van der Waals surface area contributed by atoms with Gasteiger partial charge in [-0.15, -0.1) is 0 Å². The molecule has 0 spiro atoms. The Labute approximate surface area is 180 Å². The Morgan fingerprint density at radius 1 is 1.03 bits per heavy atom. The van der Waals surface area contributed by atoms with Crippen molar-refractivity contribution in [3.05, 3.63) is 71.0 Å². The standard InChI is InChI=1S/C23H24N4O2S/c1-3-14-29-21-13-12-16-8-4-5-9-17(16)19(21)15-24-27-22(25-26-23(27)30)18-10-6-7-11-20(18)28-2/h4-13,24H,3,14-15H2,1-2H3,(H,26,30). The summed E-state index contributed by atoms with van der Waals surface area (Å²) in [6.07, 6.45) is 0.949. The summed E-state index contributed by atoms with van der Waals surface area (Å²) in [5.41, 5.74) is 5.35. The highest BCUT2D eigenvalue weighted by molar-refractivity contribution is 7.71. The molecule has 0 radical (unpaired) electrons. The molecule has 7 heteroatoms. The number of rotatable bonds is 8. The lowest BCUT2D eigenvalue weighted by molar-refractivity contribution is 0.315. The Morgan fingerprint density at radius 3 is 2.67 bits per heavy atom. The first-order chi connectivity index (χ1) is 14.7. The van der Waals surface area contributed by atoms with Gasteiger partial charge in [-0.2, -0.15) is 5.10 Å². The minimum atomic E-state index is 0.479. The van der Waals surface area contributed by atoms with Crippen molar-refractivity contribution in [1.29, 1.82) is 0 Å². The zero-order valence-corrected chi connectivity index (χ0v) is 17.8. The summed E-state index contributed by atoms with van der Waals surface area (Å²) < 4.78 is 13.8. The molecule has 0 aliphatic heterocycles. The number of fused-ring (bicyclic) bond motifs is 1. The molecule has 4 aromatic rings. The number of hydrogen-bond acceptors (Lipinski definition) is 5. The van der Waals surface area contributed by atoms with Crippen molar-refractivity contribution >= 4 is 23.0 Å². The van der Waals surface area contributed by atoms with Gasteiger partial charge >= 0.3 is 0 Å². The van der Waals surface area contributed by atoms with E-state index in [1.807, 2.05) is 42.5 Å². The minimum absolute atomic E-state index is 0.479. The van der Waals surface area contributed by atoms with Gasteiger partial charge < -0.3 is 14.9 Å². The normalized spacial score (nSPS) is 10.9. The molecule has 0 saturated carbocycles. The number of benzene rings is 3. The van der Waals surface area contributed by atoms with Gasteiger partial charge in [0.05, 0.1) is 25.8 Å². The van der Waals surface area contributed by atoms with Crippen LogP contribution in [0.2, 0.25) is 0 Å². The van der Waals surface area contributed by atoms with Crippen molar-refractivity contribution in [2.24, 2.45) is 0 Å². The number of nitrogens with one attached hydrogen (secondary N) is 2. The van der Waals surface area contributed by atoms with E-state index in [0.717, 1.165) is 34.4 Å². The zero-order chi connectivity index (χ0) is 20.9. The second-order valence-electron chi connectivity index (χ2n) is 6.83. The van der Waals surface area contributed by atoms with E-state index in [1.54, 1.807) is 11.8 Å². The molecule has 2 N–H and O–H groups in total. The maximum Gasteiger partial charge on any atom is 0.214 e. The second kappa shape index (κ2) is 9.00. The third-order valence-electron chi connectivity index (χ3n) is 4.89. The van der Waals surface area contributed by atoms with Gasteiger partial charge in [0.15, 0.2) is 5.82 Å². The van der Waals surface area contributed by atoms with E-state index in [1.165, 1.54) is 5.39 Å². The molecule has 3 aromatic carbocycles. The van der Waals surface area contributed by atoms with Crippen LogP contribution in [0.3, 0.4) is 0 Å². The van der Waals surface area contributed by atoms with Crippen molar-refractivity contribution in [2.75, 3.05) is 19.1 Å². The van der Waals surface area contributed by atoms with Crippen LogP contribution in [-0.4, -0.2) is 28.6 Å². The third kappa shape index (κ3) is 3.89. The Bertz CT molecular complexity index is 1220. The van der Waals surface area contributed by atoms with Gasteiger partial charge in [0.25, 0.3) is 0 Å². The number of methoxy groups -OCH3 is 1. The number of H-pyrrole nitrogens is 1. The van der Waals surface area contributed by atoms with Gasteiger partial charge in [-0.05, 0) is 47.6 Å². The maximum atomic E-state index is 6.03. The zero-order valence-electron chi connectivity index (χ0n) is 17.0. The van der Waals surface area contributed by atoms with Crippen LogP contribution in [0, 0.1) is 4.77 Å². The van der Waals surface area contributed by atoms with E-state index in [4.69, 9.17) is 21.7 Å². The number of aromatic nitrogens is 3. The van der Waals surface area contributed by atoms with Gasteiger partial charge in [0.1, 0.15) is 11.5 Å². The molecule has 0 atom stereocenters. The Morgan fingerprint density at radius 2 is 1.83 bits per heavy atom. The average molecular weight is 421 g/mol. The average Bonchev–Trinajstić information content (AvgIpc) is 3.16. The van der Waals surface area contributed by atoms with Crippen LogP contribution in [0.15, 0.2) is 60.7 Å². The first-order valence-corrected chi connectivity index (χ1v) is 10.3. The number of ether oxygens (including phenoxy) is 2. The summed E-state index contributed by atoms with van der Waals surface area (Å²) in [4.78, 5) is 0. The molecule has 30 heavy (non-hydrogen) atoms. The molecule has 154 valence electrons. The summed E-state index contributed by atoms with van der Waals surface area (Å²) in [5, 5.41) is 9.60. The molecular weight excluding hydrogens is 396 g/mol. The van der Waals surface area contributed by atoms with Crippen molar-refractivity contribution in [1.82, 2.24) is 14.9 Å². The smallest absolute Gasteiger partial charge is 0.214 e. The van der Waals surface area contributed by atoms with Crippen LogP contribution in [0.25, 0.3) is 22.2 Å². The monoisotopic (exact) mass is 420 g/mol. The molecule has 0 unspecified atom stereocenters. The lowest BCUT2D eigenvalue weighted by atomic mass is 10.0. The van der Waals surface area contributed by atoms with E-state index >= 15 is 0 Å². The van der Waals surface area contributed by atoms with E-state index in [9.17, 15) is 0 Å². The third-order valence-corrected chi connectivity index (χ3v) is 5.17. The van der Waals surface area contributed by atoms with E-state index < -0.39 is 0 Å². The maximum absolute atomic E-state index is 6.03. The van der Waals surface area contributed by atoms with Gasteiger partial charge in [0.2, 0.25) is 4.77 Å². The molecule has 0 aliphatic carbocycles. The fraction of sp³-hybridized carbons (Fsp3) is 0.217. The topological polar surface area (TPSA) is 64.1 Å². The number of hydrogen-bond donors (Lipinski definition) is 2. The van der Waals surface area contributed by atoms with Crippen molar-refractivity contribution in [2.45, 2.75) is 19.9 Å². The molecule has 0 aliphatic rings. The van der Waals surface area contributed by atoms with Crippen LogP contribution in [0.5, 0.6) is 11.5 Å². The van der Waals surface area contributed by atoms with Crippen LogP contribution in [0.1, 0.15) is 18.9 Å². The van der Waals surface area contributed by atoms with Gasteiger partial charge in [-0.3, -0.25) is 0 Å². The molecule has 0 amide bonds. The first-order valence-electron chi connectivity index (χ1n) is 9.91. The highest BCUT2D eigenvalue weighted by Crippen LogP contribution is 2.30. The molecule has 1 aromatic heterocycles. The van der Waals surface area contributed by atoms with E-state index in [2.05, 4.69) is 40.7 Å². The number of aromatic amines is 1. The summed E-state index contributed by atoms with van der Waals surface area (Å²) in [5.74, 6) is 2.26. The fourth-order valence-electron chi connectivity index (χ4n) is 3.46. The molecule has 6 nitrogen and oxygen atoms in total. The Kier molecular flexibility index (Phi) is 5.99. The van der Waals surface area contributed by atoms with E-state index in [-0.39, 0.29) is 0 Å². The molecule has 4 rings (SSSR count). The van der Waals surface area contributed by atoms with Crippen molar-refractivity contribution in [3.63, 3.8) is 0 Å². The van der Waals surface area contributed by atoms with Crippen LogP contribution in [-0.2, 0) is 6.54 Å². The number of para-hydroxylation sites is 1. The number of nitrogens with zero attached hydrogens (tertiary/aromatic N) is 2. The quantitative estimate of drug-likeness (QED) is 0.379. The lowest BCUT2D eigenvalue weighted by Crippen LogP contribution is -2.17. The fourth-order valence-corrected chi connectivity index (χ4v) is 3.65. The summed E-state index contributed by atoms with van der Waals surface area (Å²) in [7, 11) is 1.64. The highest BCUT2D eigenvalue weighted by Gasteiger charge is 2.15. The van der Waals surface area contributed by atoms with Crippen LogP contribution < -0.4 is 14.9 Å². The summed E-state index contributed by atoms with van der Waals surface area (Å²) in [6.45, 7) is 3.29. The molecule has 1 heterocycles. The minimum Gasteiger partial charge on any atom is -0.496 e. The summed E-state index contributed by atoms with van der Waals surface area (Å²) >= 11 is 5.48. The van der Waals surface area contributed by atoms with Gasteiger partial charge in [-0.1, -0.05) is 49.4 Å². The van der Waals surface area contributed by atoms with E-state index in [0.29, 0.717) is 23.7 Å². The first kappa shape index (κ1) is 20.0. The predicted molar refractivity (Wildman–Crippen MR) is 122 cm³/mol. The van der Waals surface area contributed by atoms with Crippen LogP contribution in [0.4, 0.5) is 0 Å². The van der Waals surface area contributed by atoms with Crippen molar-refractivity contribution < 1.29 is 9.47 Å². The van der Waals surface area contributed by atoms with Gasteiger partial charge in [0, 0.05) is 5.56 Å². The van der Waals surface area contributed by atoms with Gasteiger partial charge in [-0.25, -0.2) is 9.77 Å². The Hall–Kier alpha value is -3.32. The predicted octanol–water partition coefficient (Wildman–Crippen LogP) is 5.30. The lowest BCUT2D eigenvalue weighted by Gasteiger charge is -2.17. The SMILES string of the molecule is CCCOc1ccc2ccccc2c1CNn1c(-c2ccccc2OC)n[nH]c1=S. The highest BCUT2D eigenvalue weighted by atomic mass is 32.1. The molecular formula is C23H24N4O2S. The summed E-state index contributed by atoms with van der Waals surface area (Å²) in [6, 6.07) is 20.1.